The first-order valence-electron chi connectivity index (χ1n) is 10.5. The second-order valence-electron chi connectivity index (χ2n) is 6.98. The van der Waals surface area contributed by atoms with Crippen LogP contribution >= 0.6 is 0 Å². The fourth-order valence-corrected chi connectivity index (χ4v) is 2.64. The zero-order valence-corrected chi connectivity index (χ0v) is 17.8. The third kappa shape index (κ3) is 13.2. The summed E-state index contributed by atoms with van der Waals surface area (Å²) in [5.74, 6) is 1.19. The van der Waals surface area contributed by atoms with Crippen LogP contribution in [0.2, 0.25) is 0 Å². The Balaban J connectivity index is 1.94. The monoisotopic (exact) mass is 419 g/mol. The number of amidine groups is 1. The molecule has 0 aromatic carbocycles. The maximum absolute atomic E-state index is 7.33. The van der Waals surface area contributed by atoms with Crippen molar-refractivity contribution in [2.45, 2.75) is 51.4 Å². The van der Waals surface area contributed by atoms with Crippen molar-refractivity contribution in [2.75, 3.05) is 26.2 Å². The molecule has 0 aliphatic heterocycles. The van der Waals surface area contributed by atoms with Crippen molar-refractivity contribution in [1.29, 1.82) is 5.41 Å². The minimum absolute atomic E-state index is 0.00429. The van der Waals surface area contributed by atoms with E-state index in [1.165, 1.54) is 19.0 Å². The number of guanidine groups is 2. The third-order valence-corrected chi connectivity index (χ3v) is 4.32. The molecular formula is C20H37N9O. The van der Waals surface area contributed by atoms with Crippen molar-refractivity contribution in [1.82, 2.24) is 10.3 Å². The minimum atomic E-state index is -0.00429. The number of nitrogens with two attached hydrogens (primary N) is 4. The SMILES string of the molecule is N=C(N)c1ccc(OCCCCNC(N)=NCCCCCCCCN=C(N)N)nc1. The highest BCUT2D eigenvalue weighted by Gasteiger charge is 1.99. The van der Waals surface area contributed by atoms with E-state index < -0.39 is 0 Å². The summed E-state index contributed by atoms with van der Waals surface area (Å²) in [6.45, 7) is 2.78. The number of unbranched alkanes of at least 4 members (excludes halogenated alkanes) is 6. The molecular weight excluding hydrogens is 382 g/mol. The number of hydrogen-bond acceptors (Lipinski definition) is 5. The molecule has 0 saturated carbocycles. The number of aliphatic imine (C=N–C) groups is 2. The molecule has 0 saturated heterocycles. The molecule has 0 amide bonds. The number of pyridine rings is 1. The fourth-order valence-electron chi connectivity index (χ4n) is 2.64. The molecule has 1 rings (SSSR count). The van der Waals surface area contributed by atoms with Crippen molar-refractivity contribution in [3.05, 3.63) is 23.9 Å². The highest BCUT2D eigenvalue weighted by Crippen LogP contribution is 2.08. The van der Waals surface area contributed by atoms with Gasteiger partial charge in [0.25, 0.3) is 0 Å². The lowest BCUT2D eigenvalue weighted by molar-refractivity contribution is 0.295. The summed E-state index contributed by atoms with van der Waals surface area (Å²) in [5.41, 5.74) is 22.4. The van der Waals surface area contributed by atoms with E-state index in [4.69, 9.17) is 33.1 Å². The smallest absolute Gasteiger partial charge is 0.213 e. The van der Waals surface area contributed by atoms with E-state index in [-0.39, 0.29) is 11.8 Å². The molecule has 1 aromatic rings. The fraction of sp³-hybridized carbons (Fsp3) is 0.600. The Bertz CT molecular complexity index is 655. The van der Waals surface area contributed by atoms with Crippen molar-refractivity contribution in [3.8, 4) is 5.88 Å². The minimum Gasteiger partial charge on any atom is -0.478 e. The van der Waals surface area contributed by atoms with Gasteiger partial charge in [-0.15, -0.1) is 0 Å². The molecule has 10 heteroatoms. The number of rotatable bonds is 16. The van der Waals surface area contributed by atoms with Crippen molar-refractivity contribution in [3.63, 3.8) is 0 Å². The lowest BCUT2D eigenvalue weighted by Crippen LogP contribution is -2.32. The number of aromatic nitrogens is 1. The summed E-state index contributed by atoms with van der Waals surface area (Å²) in [7, 11) is 0. The van der Waals surface area contributed by atoms with Gasteiger partial charge in [-0.1, -0.05) is 25.7 Å². The highest BCUT2D eigenvalue weighted by atomic mass is 16.5. The first kappa shape index (κ1) is 25.0. The van der Waals surface area contributed by atoms with Crippen LogP contribution in [0.25, 0.3) is 0 Å². The van der Waals surface area contributed by atoms with Crippen LogP contribution < -0.4 is 33.0 Å². The van der Waals surface area contributed by atoms with Gasteiger partial charge in [0.05, 0.1) is 6.61 Å². The van der Waals surface area contributed by atoms with Crippen LogP contribution in [-0.4, -0.2) is 49.0 Å². The molecule has 0 spiro atoms. The number of nitrogens with one attached hydrogen (secondary N) is 2. The van der Waals surface area contributed by atoms with Gasteiger partial charge in [0.1, 0.15) is 5.84 Å². The van der Waals surface area contributed by atoms with E-state index in [0.29, 0.717) is 30.6 Å². The topological polar surface area (TPSA) is 187 Å². The zero-order valence-electron chi connectivity index (χ0n) is 17.8. The predicted octanol–water partition coefficient (Wildman–Crippen LogP) is 1.04. The number of hydrogen-bond donors (Lipinski definition) is 6. The van der Waals surface area contributed by atoms with Crippen molar-refractivity contribution in [2.24, 2.45) is 32.9 Å². The first-order chi connectivity index (χ1) is 14.5. The van der Waals surface area contributed by atoms with E-state index in [0.717, 1.165) is 51.6 Å². The standard InChI is InChI=1S/C20H37N9O/c21-18(22)16-9-10-17(29-15-16)30-14-8-7-13-28-20(25)27-12-6-4-2-1-3-5-11-26-19(23)24/h9-10,15H,1-8,11-14H2,(H3,21,22)(H4,23,24,26)(H3,25,27,28). The summed E-state index contributed by atoms with van der Waals surface area (Å²) >= 11 is 0. The van der Waals surface area contributed by atoms with Gasteiger partial charge in [-0.05, 0) is 31.7 Å². The lowest BCUT2D eigenvalue weighted by atomic mass is 10.1. The lowest BCUT2D eigenvalue weighted by Gasteiger charge is -2.07. The molecule has 168 valence electrons. The summed E-state index contributed by atoms with van der Waals surface area (Å²) in [6, 6.07) is 3.44. The Morgan fingerprint density at radius 3 is 2.17 bits per heavy atom. The van der Waals surface area contributed by atoms with Crippen LogP contribution in [0.5, 0.6) is 5.88 Å². The Hall–Kier alpha value is -3.04. The molecule has 0 bridgehead atoms. The van der Waals surface area contributed by atoms with Crippen LogP contribution in [0.4, 0.5) is 0 Å². The molecule has 10 nitrogen and oxygen atoms in total. The highest BCUT2D eigenvalue weighted by molar-refractivity contribution is 5.94. The Morgan fingerprint density at radius 1 is 0.900 bits per heavy atom. The molecule has 1 heterocycles. The first-order valence-corrected chi connectivity index (χ1v) is 10.5. The van der Waals surface area contributed by atoms with Gasteiger partial charge in [0.15, 0.2) is 11.9 Å². The van der Waals surface area contributed by atoms with Gasteiger partial charge in [-0.25, -0.2) is 4.98 Å². The molecule has 0 atom stereocenters. The van der Waals surface area contributed by atoms with E-state index in [1.54, 1.807) is 12.1 Å². The molecule has 0 radical (unpaired) electrons. The van der Waals surface area contributed by atoms with E-state index in [9.17, 15) is 0 Å². The van der Waals surface area contributed by atoms with E-state index in [1.807, 2.05) is 0 Å². The number of nitrogens with zero attached hydrogens (tertiary/aromatic N) is 3. The Kier molecular flexibility index (Phi) is 13.2. The maximum Gasteiger partial charge on any atom is 0.213 e. The summed E-state index contributed by atoms with van der Waals surface area (Å²) in [6.07, 6.45) is 10.1. The molecule has 0 fully saturated rings. The summed E-state index contributed by atoms with van der Waals surface area (Å²) < 4.78 is 5.56. The molecule has 0 unspecified atom stereocenters. The van der Waals surface area contributed by atoms with Gasteiger partial charge >= 0.3 is 0 Å². The van der Waals surface area contributed by atoms with Crippen LogP contribution in [-0.2, 0) is 0 Å². The van der Waals surface area contributed by atoms with Gasteiger partial charge in [-0.2, -0.15) is 0 Å². The largest absolute Gasteiger partial charge is 0.478 e. The van der Waals surface area contributed by atoms with Crippen molar-refractivity contribution < 1.29 is 4.74 Å². The molecule has 1 aromatic heterocycles. The average Bonchev–Trinajstić information content (AvgIpc) is 2.72. The number of ether oxygens (including phenoxy) is 1. The average molecular weight is 420 g/mol. The van der Waals surface area contributed by atoms with Gasteiger partial charge in [-0.3, -0.25) is 15.4 Å². The Morgan fingerprint density at radius 2 is 1.57 bits per heavy atom. The van der Waals surface area contributed by atoms with Crippen LogP contribution in [0.3, 0.4) is 0 Å². The predicted molar refractivity (Wildman–Crippen MR) is 123 cm³/mol. The summed E-state index contributed by atoms with van der Waals surface area (Å²) in [4.78, 5) is 12.4. The molecule has 0 aliphatic carbocycles. The zero-order chi connectivity index (χ0) is 22.0. The van der Waals surface area contributed by atoms with E-state index >= 15 is 0 Å². The molecule has 0 aliphatic rings. The second kappa shape index (κ2) is 15.8. The second-order valence-corrected chi connectivity index (χ2v) is 6.98. The van der Waals surface area contributed by atoms with E-state index in [2.05, 4.69) is 20.3 Å². The maximum atomic E-state index is 7.33. The van der Waals surface area contributed by atoms with Crippen LogP contribution in [0.1, 0.15) is 56.9 Å². The third-order valence-electron chi connectivity index (χ3n) is 4.32. The van der Waals surface area contributed by atoms with Gasteiger partial charge in [0.2, 0.25) is 5.88 Å². The molecule has 10 N–H and O–H groups in total. The Labute approximate surface area is 179 Å². The quantitative estimate of drug-likeness (QED) is 0.131. The normalized spacial score (nSPS) is 11.1. The summed E-state index contributed by atoms with van der Waals surface area (Å²) in [5, 5.41) is 10.4. The molecule has 30 heavy (non-hydrogen) atoms. The van der Waals surface area contributed by atoms with Gasteiger partial charge < -0.3 is 33.0 Å². The van der Waals surface area contributed by atoms with Gasteiger partial charge in [0, 0.05) is 37.5 Å². The van der Waals surface area contributed by atoms with Crippen LogP contribution in [0.15, 0.2) is 28.3 Å². The van der Waals surface area contributed by atoms with Crippen LogP contribution in [0, 0.1) is 5.41 Å². The van der Waals surface area contributed by atoms with Crippen molar-refractivity contribution >= 4 is 17.8 Å². The number of nitrogen functional groups attached to an aromatic ring is 1.